The Balaban J connectivity index is 2.72. The van der Waals surface area contributed by atoms with E-state index in [1.807, 2.05) is 18.2 Å². The number of hydrogen-bond acceptors (Lipinski definition) is 3. The summed E-state index contributed by atoms with van der Waals surface area (Å²) in [5.41, 5.74) is 0.590. The van der Waals surface area contributed by atoms with E-state index in [4.69, 9.17) is 4.74 Å². The third-order valence-electron chi connectivity index (χ3n) is 3.84. The van der Waals surface area contributed by atoms with E-state index in [2.05, 4.69) is 38.2 Å². The maximum Gasteiger partial charge on any atom is 0.0905 e. The van der Waals surface area contributed by atoms with Gasteiger partial charge in [0.25, 0.3) is 0 Å². The highest BCUT2D eigenvalue weighted by atomic mass is 16.5. The molecule has 0 aliphatic rings. The predicted octanol–water partition coefficient (Wildman–Crippen LogP) is 3.33. The lowest BCUT2D eigenvalue weighted by Crippen LogP contribution is -2.50. The second-order valence-corrected chi connectivity index (χ2v) is 5.94. The highest BCUT2D eigenvalue weighted by molar-refractivity contribution is 5.25. The molecule has 120 valence electrons. The van der Waals surface area contributed by atoms with Crippen LogP contribution in [0.3, 0.4) is 0 Å². The van der Waals surface area contributed by atoms with Crippen LogP contribution in [0.5, 0.6) is 0 Å². The molecule has 2 atom stereocenters. The quantitative estimate of drug-likeness (QED) is 0.657. The summed E-state index contributed by atoms with van der Waals surface area (Å²) >= 11 is 0. The molecule has 0 spiro atoms. The van der Waals surface area contributed by atoms with Gasteiger partial charge in [-0.05, 0) is 30.9 Å². The van der Waals surface area contributed by atoms with Gasteiger partial charge in [0.05, 0.1) is 18.8 Å². The van der Waals surface area contributed by atoms with E-state index in [-0.39, 0.29) is 6.61 Å². The van der Waals surface area contributed by atoms with Gasteiger partial charge in [-0.1, -0.05) is 57.5 Å². The largest absolute Gasteiger partial charge is 0.394 e. The van der Waals surface area contributed by atoms with Crippen molar-refractivity contribution in [3.63, 3.8) is 0 Å². The molecule has 1 aromatic rings. The van der Waals surface area contributed by atoms with Gasteiger partial charge in [0, 0.05) is 6.61 Å². The van der Waals surface area contributed by atoms with Crippen LogP contribution in [0.25, 0.3) is 0 Å². The SMILES string of the molecule is CCCNC(CO)(COCC(C)CCC)c1ccccc1. The van der Waals surface area contributed by atoms with Gasteiger partial charge >= 0.3 is 0 Å². The highest BCUT2D eigenvalue weighted by Crippen LogP contribution is 2.22. The first kappa shape index (κ1) is 18.1. The standard InChI is InChI=1S/C18H31NO2/c1-4-9-16(3)13-21-15-18(14-20,19-12-5-2)17-10-7-6-8-11-17/h6-8,10-11,16,19-20H,4-5,9,12-15H2,1-3H3. The molecule has 0 radical (unpaired) electrons. The van der Waals surface area contributed by atoms with Crippen molar-refractivity contribution in [3.05, 3.63) is 35.9 Å². The van der Waals surface area contributed by atoms with Crippen molar-refractivity contribution in [2.45, 2.75) is 45.6 Å². The molecule has 3 nitrogen and oxygen atoms in total. The number of hydrogen-bond donors (Lipinski definition) is 2. The molecule has 2 N–H and O–H groups in total. The van der Waals surface area contributed by atoms with Crippen molar-refractivity contribution < 1.29 is 9.84 Å². The number of aliphatic hydroxyl groups is 1. The van der Waals surface area contributed by atoms with Crippen LogP contribution in [-0.4, -0.2) is 31.5 Å². The molecule has 1 rings (SSSR count). The number of ether oxygens (including phenoxy) is 1. The van der Waals surface area contributed by atoms with Crippen LogP contribution in [-0.2, 0) is 10.3 Å². The summed E-state index contributed by atoms with van der Waals surface area (Å²) in [4.78, 5) is 0. The van der Waals surface area contributed by atoms with Crippen molar-refractivity contribution >= 4 is 0 Å². The van der Waals surface area contributed by atoms with Crippen LogP contribution in [0.15, 0.2) is 30.3 Å². The molecule has 0 saturated carbocycles. The summed E-state index contributed by atoms with van der Waals surface area (Å²) < 4.78 is 5.93. The summed E-state index contributed by atoms with van der Waals surface area (Å²) in [5, 5.41) is 13.5. The molecule has 0 aliphatic carbocycles. The smallest absolute Gasteiger partial charge is 0.0905 e. The summed E-state index contributed by atoms with van der Waals surface area (Å²) in [5.74, 6) is 0.563. The Morgan fingerprint density at radius 3 is 2.48 bits per heavy atom. The molecule has 21 heavy (non-hydrogen) atoms. The minimum atomic E-state index is -0.497. The monoisotopic (exact) mass is 293 g/mol. The second kappa shape index (κ2) is 9.93. The number of rotatable bonds is 11. The fraction of sp³-hybridized carbons (Fsp3) is 0.667. The lowest BCUT2D eigenvalue weighted by atomic mass is 9.91. The second-order valence-electron chi connectivity index (χ2n) is 5.94. The Kier molecular flexibility index (Phi) is 8.58. The number of nitrogens with one attached hydrogen (secondary N) is 1. The van der Waals surface area contributed by atoms with Crippen molar-refractivity contribution in [1.82, 2.24) is 5.32 Å². The van der Waals surface area contributed by atoms with Gasteiger partial charge in [-0.2, -0.15) is 0 Å². The average Bonchev–Trinajstić information content (AvgIpc) is 2.52. The van der Waals surface area contributed by atoms with Crippen LogP contribution >= 0.6 is 0 Å². The Morgan fingerprint density at radius 2 is 1.90 bits per heavy atom. The van der Waals surface area contributed by atoms with Crippen molar-refractivity contribution in [2.24, 2.45) is 5.92 Å². The van der Waals surface area contributed by atoms with Crippen LogP contribution in [0, 0.1) is 5.92 Å². The van der Waals surface area contributed by atoms with E-state index in [0.29, 0.717) is 12.5 Å². The minimum Gasteiger partial charge on any atom is -0.394 e. The summed E-state index contributed by atoms with van der Waals surface area (Å²) in [6.07, 6.45) is 3.39. The summed E-state index contributed by atoms with van der Waals surface area (Å²) in [7, 11) is 0. The first-order valence-electron chi connectivity index (χ1n) is 8.17. The lowest BCUT2D eigenvalue weighted by Gasteiger charge is -2.34. The zero-order valence-electron chi connectivity index (χ0n) is 13.8. The summed E-state index contributed by atoms with van der Waals surface area (Å²) in [6.45, 7) is 8.69. The predicted molar refractivity (Wildman–Crippen MR) is 88.4 cm³/mol. The molecule has 1 aromatic carbocycles. The Hall–Kier alpha value is -0.900. The molecule has 0 amide bonds. The average molecular weight is 293 g/mol. The highest BCUT2D eigenvalue weighted by Gasteiger charge is 2.31. The van der Waals surface area contributed by atoms with E-state index in [9.17, 15) is 5.11 Å². The van der Waals surface area contributed by atoms with Gasteiger partial charge < -0.3 is 15.2 Å². The van der Waals surface area contributed by atoms with E-state index in [1.165, 1.54) is 12.8 Å². The topological polar surface area (TPSA) is 41.5 Å². The van der Waals surface area contributed by atoms with Crippen molar-refractivity contribution in [2.75, 3.05) is 26.4 Å². The molecule has 0 fully saturated rings. The molecule has 2 unspecified atom stereocenters. The van der Waals surface area contributed by atoms with Gasteiger partial charge in [0.15, 0.2) is 0 Å². The fourth-order valence-corrected chi connectivity index (χ4v) is 2.56. The molecular formula is C18H31NO2. The Labute approximate surface area is 129 Å². The third-order valence-corrected chi connectivity index (χ3v) is 3.84. The van der Waals surface area contributed by atoms with E-state index >= 15 is 0 Å². The molecule has 0 aliphatic heterocycles. The molecule has 0 heterocycles. The van der Waals surface area contributed by atoms with Gasteiger partial charge in [-0.15, -0.1) is 0 Å². The molecule has 0 bridgehead atoms. The molecular weight excluding hydrogens is 262 g/mol. The van der Waals surface area contributed by atoms with Crippen molar-refractivity contribution in [3.8, 4) is 0 Å². The Morgan fingerprint density at radius 1 is 1.19 bits per heavy atom. The van der Waals surface area contributed by atoms with Crippen LogP contribution in [0.4, 0.5) is 0 Å². The first-order chi connectivity index (χ1) is 10.2. The molecule has 0 aromatic heterocycles. The van der Waals surface area contributed by atoms with Gasteiger partial charge in [-0.3, -0.25) is 0 Å². The van der Waals surface area contributed by atoms with E-state index in [0.717, 1.165) is 25.1 Å². The molecule has 3 heteroatoms. The number of benzene rings is 1. The zero-order valence-corrected chi connectivity index (χ0v) is 13.8. The first-order valence-corrected chi connectivity index (χ1v) is 8.17. The summed E-state index contributed by atoms with van der Waals surface area (Å²) in [6, 6.07) is 10.1. The van der Waals surface area contributed by atoms with Gasteiger partial charge in [-0.25, -0.2) is 0 Å². The molecule has 0 saturated heterocycles. The number of aliphatic hydroxyl groups excluding tert-OH is 1. The van der Waals surface area contributed by atoms with Crippen LogP contribution in [0.1, 0.15) is 45.6 Å². The van der Waals surface area contributed by atoms with Gasteiger partial charge in [0.2, 0.25) is 0 Å². The van der Waals surface area contributed by atoms with Gasteiger partial charge in [0.1, 0.15) is 0 Å². The maximum absolute atomic E-state index is 9.98. The fourth-order valence-electron chi connectivity index (χ4n) is 2.56. The minimum absolute atomic E-state index is 0.0408. The van der Waals surface area contributed by atoms with Crippen LogP contribution in [0.2, 0.25) is 0 Å². The maximum atomic E-state index is 9.98. The van der Waals surface area contributed by atoms with Crippen LogP contribution < -0.4 is 5.32 Å². The normalized spacial score (nSPS) is 15.6. The van der Waals surface area contributed by atoms with E-state index in [1.54, 1.807) is 0 Å². The Bertz CT molecular complexity index is 369. The van der Waals surface area contributed by atoms with Crippen molar-refractivity contribution in [1.29, 1.82) is 0 Å². The third kappa shape index (κ3) is 5.77. The van der Waals surface area contributed by atoms with E-state index < -0.39 is 5.54 Å². The lowest BCUT2D eigenvalue weighted by molar-refractivity contribution is 0.0193. The zero-order chi connectivity index (χ0) is 15.6.